The predicted molar refractivity (Wildman–Crippen MR) is 108 cm³/mol. The molecule has 1 aliphatic heterocycles. The number of esters is 1. The number of anilines is 1. The Hall–Kier alpha value is -3.02. The van der Waals surface area contributed by atoms with Crippen LogP contribution in [0.25, 0.3) is 0 Å². The molecule has 0 unspecified atom stereocenters. The van der Waals surface area contributed by atoms with Gasteiger partial charge in [0.1, 0.15) is 11.6 Å². The van der Waals surface area contributed by atoms with Crippen molar-refractivity contribution in [3.05, 3.63) is 53.8 Å². The van der Waals surface area contributed by atoms with Gasteiger partial charge >= 0.3 is 5.97 Å². The number of methoxy groups -OCH3 is 1. The van der Waals surface area contributed by atoms with Crippen LogP contribution in [0.2, 0.25) is 0 Å². The van der Waals surface area contributed by atoms with E-state index < -0.39 is 39.9 Å². The van der Waals surface area contributed by atoms with Crippen LogP contribution in [0.1, 0.15) is 10.4 Å². The highest BCUT2D eigenvalue weighted by Gasteiger charge is 2.28. The molecule has 0 bridgehead atoms. The second kappa shape index (κ2) is 9.86. The lowest BCUT2D eigenvalue weighted by molar-refractivity contribution is -0.119. The normalized spacial score (nSPS) is 14.6. The van der Waals surface area contributed by atoms with Gasteiger partial charge in [0, 0.05) is 13.1 Å². The zero-order valence-corrected chi connectivity index (χ0v) is 17.5. The van der Waals surface area contributed by atoms with Crippen molar-refractivity contribution in [2.24, 2.45) is 0 Å². The van der Waals surface area contributed by atoms with Gasteiger partial charge in [0.2, 0.25) is 10.0 Å². The number of halogens is 1. The predicted octanol–water partition coefficient (Wildman–Crippen LogP) is 1.65. The van der Waals surface area contributed by atoms with Crippen LogP contribution in [0.5, 0.6) is 5.75 Å². The number of nitrogens with zero attached hydrogens (tertiary/aromatic N) is 1. The van der Waals surface area contributed by atoms with Gasteiger partial charge < -0.3 is 19.5 Å². The summed E-state index contributed by atoms with van der Waals surface area (Å²) in [4.78, 5) is 24.1. The molecule has 0 saturated carbocycles. The number of ether oxygens (including phenoxy) is 3. The number of benzene rings is 2. The molecule has 1 aliphatic rings. The number of nitrogens with one attached hydrogen (secondary N) is 1. The van der Waals surface area contributed by atoms with E-state index in [0.29, 0.717) is 11.4 Å². The van der Waals surface area contributed by atoms with Crippen LogP contribution < -0.4 is 10.1 Å². The summed E-state index contributed by atoms with van der Waals surface area (Å²) in [6.07, 6.45) is 0. The van der Waals surface area contributed by atoms with Crippen molar-refractivity contribution in [1.29, 1.82) is 0 Å². The molecule has 3 rings (SSSR count). The minimum absolute atomic E-state index is 0.155. The standard InChI is InChI=1S/C20H21FN2O7S/c1-28-18-5-3-2-4-17(18)22-19(24)13-30-20(25)15-12-14(6-7-16(15)21)31(26,27)23-8-10-29-11-9-23/h2-7,12H,8-11,13H2,1H3,(H,22,24). The minimum atomic E-state index is -3.93. The quantitative estimate of drug-likeness (QED) is 0.636. The van der Waals surface area contributed by atoms with Crippen LogP contribution >= 0.6 is 0 Å². The van der Waals surface area contributed by atoms with E-state index >= 15 is 0 Å². The first kappa shape index (κ1) is 22.7. The molecule has 1 fully saturated rings. The van der Waals surface area contributed by atoms with Crippen molar-refractivity contribution < 1.29 is 36.6 Å². The second-order valence-electron chi connectivity index (χ2n) is 6.48. The summed E-state index contributed by atoms with van der Waals surface area (Å²) in [7, 11) is -2.49. The van der Waals surface area contributed by atoms with E-state index in [4.69, 9.17) is 14.2 Å². The van der Waals surface area contributed by atoms with Gasteiger partial charge in [-0.1, -0.05) is 12.1 Å². The number of carbonyl (C=O) groups excluding carboxylic acids is 2. The molecule has 2 aromatic carbocycles. The average molecular weight is 452 g/mol. The number of carbonyl (C=O) groups is 2. The summed E-state index contributed by atoms with van der Waals surface area (Å²) >= 11 is 0. The number of morpholine rings is 1. The Bertz CT molecular complexity index is 1070. The monoisotopic (exact) mass is 452 g/mol. The van der Waals surface area contributed by atoms with Crippen LogP contribution in [0.15, 0.2) is 47.4 Å². The number of rotatable bonds is 7. The van der Waals surface area contributed by atoms with Gasteiger partial charge in [-0.25, -0.2) is 17.6 Å². The molecule has 1 saturated heterocycles. The summed E-state index contributed by atoms with van der Waals surface area (Å²) in [6.45, 7) is 0.106. The molecule has 31 heavy (non-hydrogen) atoms. The van der Waals surface area contributed by atoms with E-state index in [2.05, 4.69) is 5.32 Å². The Morgan fingerprint density at radius 1 is 1.16 bits per heavy atom. The van der Waals surface area contributed by atoms with Crippen molar-refractivity contribution >= 4 is 27.6 Å². The van der Waals surface area contributed by atoms with Crippen LogP contribution in [0.3, 0.4) is 0 Å². The SMILES string of the molecule is COc1ccccc1NC(=O)COC(=O)c1cc(S(=O)(=O)N2CCOCC2)ccc1F. The third-order valence-electron chi connectivity index (χ3n) is 4.48. The van der Waals surface area contributed by atoms with E-state index in [1.807, 2.05) is 0 Å². The van der Waals surface area contributed by atoms with E-state index in [1.54, 1.807) is 24.3 Å². The van der Waals surface area contributed by atoms with E-state index in [1.165, 1.54) is 11.4 Å². The third kappa shape index (κ3) is 5.37. The lowest BCUT2D eigenvalue weighted by Crippen LogP contribution is -2.40. The van der Waals surface area contributed by atoms with Gasteiger partial charge in [0.05, 0.1) is 36.5 Å². The summed E-state index contributed by atoms with van der Waals surface area (Å²) in [5, 5.41) is 2.51. The van der Waals surface area contributed by atoms with Crippen LogP contribution in [-0.2, 0) is 24.3 Å². The van der Waals surface area contributed by atoms with E-state index in [9.17, 15) is 22.4 Å². The number of hydrogen-bond acceptors (Lipinski definition) is 7. The van der Waals surface area contributed by atoms with Crippen molar-refractivity contribution in [3.63, 3.8) is 0 Å². The summed E-state index contributed by atoms with van der Waals surface area (Å²) in [6, 6.07) is 9.48. The highest BCUT2D eigenvalue weighted by molar-refractivity contribution is 7.89. The maximum Gasteiger partial charge on any atom is 0.341 e. The third-order valence-corrected chi connectivity index (χ3v) is 6.38. The summed E-state index contributed by atoms with van der Waals surface area (Å²) in [5.41, 5.74) is -0.213. The fourth-order valence-corrected chi connectivity index (χ4v) is 4.34. The van der Waals surface area contributed by atoms with Crippen LogP contribution in [0.4, 0.5) is 10.1 Å². The molecule has 9 nitrogen and oxygen atoms in total. The zero-order valence-electron chi connectivity index (χ0n) is 16.7. The Kier molecular flexibility index (Phi) is 7.21. The first-order valence-corrected chi connectivity index (χ1v) is 10.7. The molecular formula is C20H21FN2O7S. The smallest absolute Gasteiger partial charge is 0.341 e. The first-order chi connectivity index (χ1) is 14.8. The van der Waals surface area contributed by atoms with Crippen molar-refractivity contribution in [3.8, 4) is 5.75 Å². The summed E-state index contributed by atoms with van der Waals surface area (Å²) < 4.78 is 55.9. The molecule has 1 heterocycles. The van der Waals surface area contributed by atoms with Gasteiger partial charge in [-0.05, 0) is 30.3 Å². The molecule has 0 atom stereocenters. The number of hydrogen-bond donors (Lipinski definition) is 1. The number of amides is 1. The topological polar surface area (TPSA) is 111 Å². The first-order valence-electron chi connectivity index (χ1n) is 9.30. The largest absolute Gasteiger partial charge is 0.495 e. The highest BCUT2D eigenvalue weighted by atomic mass is 32.2. The molecule has 1 amide bonds. The fourth-order valence-electron chi connectivity index (χ4n) is 2.90. The van der Waals surface area contributed by atoms with Gasteiger partial charge in [-0.15, -0.1) is 0 Å². The number of para-hydroxylation sites is 2. The average Bonchev–Trinajstić information content (AvgIpc) is 2.78. The Morgan fingerprint density at radius 2 is 1.87 bits per heavy atom. The molecule has 2 aromatic rings. The van der Waals surface area contributed by atoms with Crippen molar-refractivity contribution in [1.82, 2.24) is 4.31 Å². The molecule has 11 heteroatoms. The van der Waals surface area contributed by atoms with Gasteiger partial charge in [0.25, 0.3) is 5.91 Å². The molecular weight excluding hydrogens is 431 g/mol. The maximum atomic E-state index is 14.2. The Balaban J connectivity index is 1.68. The highest BCUT2D eigenvalue weighted by Crippen LogP contribution is 2.23. The van der Waals surface area contributed by atoms with E-state index in [0.717, 1.165) is 18.2 Å². The molecule has 0 aliphatic carbocycles. The van der Waals surface area contributed by atoms with Crippen LogP contribution in [0, 0.1) is 5.82 Å². The number of sulfonamides is 1. The maximum absolute atomic E-state index is 14.2. The van der Waals surface area contributed by atoms with Crippen molar-refractivity contribution in [2.45, 2.75) is 4.90 Å². The fraction of sp³-hybridized carbons (Fsp3) is 0.300. The van der Waals surface area contributed by atoms with Gasteiger partial charge in [0.15, 0.2) is 6.61 Å². The van der Waals surface area contributed by atoms with Gasteiger partial charge in [-0.3, -0.25) is 4.79 Å². The summed E-state index contributed by atoms with van der Waals surface area (Å²) in [5.74, 6) is -2.38. The molecule has 0 spiro atoms. The minimum Gasteiger partial charge on any atom is -0.495 e. The van der Waals surface area contributed by atoms with Gasteiger partial charge in [-0.2, -0.15) is 4.31 Å². The molecule has 0 aromatic heterocycles. The Labute approximate surface area is 178 Å². The zero-order chi connectivity index (χ0) is 22.4. The Morgan fingerprint density at radius 3 is 2.58 bits per heavy atom. The lowest BCUT2D eigenvalue weighted by atomic mass is 10.2. The molecule has 166 valence electrons. The lowest BCUT2D eigenvalue weighted by Gasteiger charge is -2.26. The van der Waals surface area contributed by atoms with E-state index in [-0.39, 0.29) is 31.2 Å². The van der Waals surface area contributed by atoms with Crippen molar-refractivity contribution in [2.75, 3.05) is 45.3 Å². The second-order valence-corrected chi connectivity index (χ2v) is 8.42. The van der Waals surface area contributed by atoms with Crippen LogP contribution in [-0.4, -0.2) is 64.6 Å². The molecule has 0 radical (unpaired) electrons. The molecule has 1 N–H and O–H groups in total.